The molecule has 5 aromatic carbocycles. The summed E-state index contributed by atoms with van der Waals surface area (Å²) in [6.45, 7) is 0. The van der Waals surface area contributed by atoms with E-state index in [0.717, 1.165) is 71.6 Å². The molecular weight excluding hydrogens is 695 g/mol. The Balaban J connectivity index is 1.06. The molecule has 5 aromatic heterocycles. The number of hydrogen-bond acceptors (Lipinski definition) is 8. The fourth-order valence-corrected chi connectivity index (χ4v) is 7.84. The number of aromatic nitrogens is 7. The van der Waals surface area contributed by atoms with Crippen LogP contribution in [0.1, 0.15) is 0 Å². The van der Waals surface area contributed by atoms with Crippen LogP contribution < -0.4 is 0 Å². The first-order valence-corrected chi connectivity index (χ1v) is 18.7. The van der Waals surface area contributed by atoms with E-state index in [1.165, 1.54) is 4.70 Å². The average molecular weight is 724 g/mol. The molecule has 8 heteroatoms. The van der Waals surface area contributed by atoms with Crippen LogP contribution >= 0.6 is 11.3 Å². The smallest absolute Gasteiger partial charge is 0.164 e. The summed E-state index contributed by atoms with van der Waals surface area (Å²) >= 11 is 1.73. The minimum Gasteiger partial charge on any atom is -0.256 e. The lowest BCUT2D eigenvalue weighted by molar-refractivity contribution is 1.07. The average Bonchev–Trinajstić information content (AvgIpc) is 3.66. The van der Waals surface area contributed by atoms with Gasteiger partial charge in [-0.3, -0.25) is 9.97 Å². The minimum absolute atomic E-state index is 0.569. The Morgan fingerprint density at radius 2 is 0.764 bits per heavy atom. The number of rotatable bonds is 7. The molecule has 10 aromatic rings. The first kappa shape index (κ1) is 32.4. The van der Waals surface area contributed by atoms with Gasteiger partial charge in [0.1, 0.15) is 0 Å². The lowest BCUT2D eigenvalue weighted by Crippen LogP contribution is -2.00. The molecule has 55 heavy (non-hydrogen) atoms. The molecule has 5 heterocycles. The van der Waals surface area contributed by atoms with E-state index in [4.69, 9.17) is 24.9 Å². The van der Waals surface area contributed by atoms with Gasteiger partial charge in [-0.25, -0.2) is 24.9 Å². The van der Waals surface area contributed by atoms with Gasteiger partial charge in [-0.05, 0) is 30.3 Å². The van der Waals surface area contributed by atoms with E-state index in [-0.39, 0.29) is 0 Å². The molecule has 0 aliphatic carbocycles. The molecule has 0 aliphatic heterocycles. The highest BCUT2D eigenvalue weighted by atomic mass is 32.1. The third-order valence-electron chi connectivity index (χ3n) is 9.51. The van der Waals surface area contributed by atoms with Crippen LogP contribution in [0.5, 0.6) is 0 Å². The van der Waals surface area contributed by atoms with E-state index >= 15 is 0 Å². The second-order valence-electron chi connectivity index (χ2n) is 13.0. The molecule has 7 nitrogen and oxygen atoms in total. The number of fused-ring (bicyclic) bond motifs is 3. The summed E-state index contributed by atoms with van der Waals surface area (Å²) in [6, 6.07) is 55.1. The van der Waals surface area contributed by atoms with E-state index < -0.39 is 0 Å². The standard InChI is InChI=1S/C47H29N7S/c1-2-10-32(11-3-1)41-43-42(37-12-4-5-15-40(37)55-43)51-44(50-41)33-24-26-36(27-25-33)47-53-45(34-20-16-30(17-21-34)38-13-6-8-28-48-38)52-46(54-47)35-22-18-31(19-23-35)39-14-7-9-29-49-39/h1-29H. The topological polar surface area (TPSA) is 90.2 Å². The van der Waals surface area contributed by atoms with Gasteiger partial charge >= 0.3 is 0 Å². The largest absolute Gasteiger partial charge is 0.256 e. The highest BCUT2D eigenvalue weighted by molar-refractivity contribution is 7.26. The summed E-state index contributed by atoms with van der Waals surface area (Å²) in [6.07, 6.45) is 3.60. The zero-order chi connectivity index (χ0) is 36.6. The number of nitrogens with zero attached hydrogens (tertiary/aromatic N) is 7. The number of benzene rings is 5. The van der Waals surface area contributed by atoms with Crippen molar-refractivity contribution in [2.75, 3.05) is 0 Å². The van der Waals surface area contributed by atoms with E-state index in [0.29, 0.717) is 23.3 Å². The monoisotopic (exact) mass is 723 g/mol. The van der Waals surface area contributed by atoms with Gasteiger partial charge in [0, 0.05) is 61.4 Å². The molecule has 0 N–H and O–H groups in total. The van der Waals surface area contributed by atoms with Crippen molar-refractivity contribution in [1.82, 2.24) is 34.9 Å². The molecule has 0 spiro atoms. The molecule has 0 radical (unpaired) electrons. The number of thiophene rings is 1. The lowest BCUT2D eigenvalue weighted by atomic mass is 10.1. The zero-order valence-electron chi connectivity index (χ0n) is 29.3. The Kier molecular flexibility index (Phi) is 8.20. The Morgan fingerprint density at radius 3 is 1.25 bits per heavy atom. The van der Waals surface area contributed by atoms with Crippen LogP contribution in [0.15, 0.2) is 176 Å². The van der Waals surface area contributed by atoms with E-state index in [1.54, 1.807) is 23.7 Å². The number of hydrogen-bond donors (Lipinski definition) is 0. The molecular formula is C47H29N7S. The van der Waals surface area contributed by atoms with Crippen molar-refractivity contribution in [2.24, 2.45) is 0 Å². The van der Waals surface area contributed by atoms with Crippen molar-refractivity contribution in [3.8, 4) is 79.3 Å². The van der Waals surface area contributed by atoms with Crippen LogP contribution in [0.2, 0.25) is 0 Å². The summed E-state index contributed by atoms with van der Waals surface area (Å²) in [5.74, 6) is 2.39. The maximum atomic E-state index is 5.15. The molecule has 0 amide bonds. The van der Waals surface area contributed by atoms with Crippen molar-refractivity contribution in [2.45, 2.75) is 0 Å². The lowest BCUT2D eigenvalue weighted by Gasteiger charge is -2.10. The van der Waals surface area contributed by atoms with Crippen LogP contribution in [0, 0.1) is 0 Å². The summed E-state index contributed by atoms with van der Waals surface area (Å²) in [7, 11) is 0. The molecule has 0 fully saturated rings. The van der Waals surface area contributed by atoms with Crippen molar-refractivity contribution in [3.63, 3.8) is 0 Å². The van der Waals surface area contributed by atoms with Gasteiger partial charge in [-0.15, -0.1) is 11.3 Å². The highest BCUT2D eigenvalue weighted by Gasteiger charge is 2.18. The second-order valence-corrected chi connectivity index (χ2v) is 14.1. The summed E-state index contributed by atoms with van der Waals surface area (Å²) in [4.78, 5) is 34.3. The first-order chi connectivity index (χ1) is 27.2. The molecule has 0 saturated carbocycles. The van der Waals surface area contributed by atoms with E-state index in [1.807, 2.05) is 103 Å². The molecule has 0 bridgehead atoms. The zero-order valence-corrected chi connectivity index (χ0v) is 30.1. The van der Waals surface area contributed by atoms with Crippen molar-refractivity contribution < 1.29 is 0 Å². The van der Waals surface area contributed by atoms with Gasteiger partial charge in [0.2, 0.25) is 0 Å². The molecule has 0 atom stereocenters. The molecule has 10 rings (SSSR count). The van der Waals surface area contributed by atoms with Gasteiger partial charge in [0.25, 0.3) is 0 Å². The second kappa shape index (κ2) is 13.9. The minimum atomic E-state index is 0.569. The first-order valence-electron chi connectivity index (χ1n) is 17.9. The van der Waals surface area contributed by atoms with Crippen molar-refractivity contribution >= 4 is 31.6 Å². The Hall–Kier alpha value is -7.29. The third kappa shape index (κ3) is 6.30. The van der Waals surface area contributed by atoms with Gasteiger partial charge in [0.05, 0.1) is 27.3 Å². The van der Waals surface area contributed by atoms with Gasteiger partial charge in [-0.2, -0.15) is 0 Å². The predicted molar refractivity (Wildman–Crippen MR) is 222 cm³/mol. The maximum absolute atomic E-state index is 5.15. The third-order valence-corrected chi connectivity index (χ3v) is 10.7. The number of pyridine rings is 2. The van der Waals surface area contributed by atoms with Crippen molar-refractivity contribution in [1.29, 1.82) is 0 Å². The van der Waals surface area contributed by atoms with Gasteiger partial charge < -0.3 is 0 Å². The quantitative estimate of drug-likeness (QED) is 0.162. The van der Waals surface area contributed by atoms with Gasteiger partial charge in [0.15, 0.2) is 23.3 Å². The Bertz CT molecular complexity index is 2830. The normalized spacial score (nSPS) is 11.3. The van der Waals surface area contributed by atoms with Crippen molar-refractivity contribution in [3.05, 3.63) is 176 Å². The maximum Gasteiger partial charge on any atom is 0.164 e. The summed E-state index contributed by atoms with van der Waals surface area (Å²) in [5.41, 5.74) is 10.3. The fraction of sp³-hybridized carbons (Fsp3) is 0. The molecule has 258 valence electrons. The van der Waals surface area contributed by atoms with Crippen LogP contribution in [-0.2, 0) is 0 Å². The Morgan fingerprint density at radius 1 is 0.327 bits per heavy atom. The SMILES string of the molecule is c1ccc(-c2nc(-c3ccc(-c4nc(-c5ccc(-c6ccccn6)cc5)nc(-c5ccc(-c6ccccn6)cc5)n4)cc3)nc3c2sc2ccccc23)cc1. The van der Waals surface area contributed by atoms with Crippen LogP contribution in [0.3, 0.4) is 0 Å². The van der Waals surface area contributed by atoms with Crippen LogP contribution in [0.4, 0.5) is 0 Å². The predicted octanol–water partition coefficient (Wildman–Crippen LogP) is 11.5. The van der Waals surface area contributed by atoms with Crippen LogP contribution in [-0.4, -0.2) is 34.9 Å². The summed E-state index contributed by atoms with van der Waals surface area (Å²) < 4.78 is 2.27. The molecule has 0 unspecified atom stereocenters. The van der Waals surface area contributed by atoms with E-state index in [9.17, 15) is 0 Å². The fourth-order valence-electron chi connectivity index (χ4n) is 6.69. The van der Waals surface area contributed by atoms with E-state index in [2.05, 4.69) is 70.6 Å². The Labute approximate surface area is 320 Å². The molecule has 0 aliphatic rings. The highest BCUT2D eigenvalue weighted by Crippen LogP contribution is 2.39. The van der Waals surface area contributed by atoms with Gasteiger partial charge in [-0.1, -0.05) is 133 Å². The molecule has 0 saturated heterocycles. The van der Waals surface area contributed by atoms with Crippen LogP contribution in [0.25, 0.3) is 99.6 Å². The summed E-state index contributed by atoms with van der Waals surface area (Å²) in [5, 5.41) is 1.13.